The van der Waals surface area contributed by atoms with Crippen molar-refractivity contribution in [1.82, 2.24) is 19.4 Å². The highest BCUT2D eigenvalue weighted by Crippen LogP contribution is 2.34. The Bertz CT molecular complexity index is 1880. The Kier molecular flexibility index (Phi) is 7.80. The molecule has 2 aromatic heterocycles. The van der Waals surface area contributed by atoms with Crippen molar-refractivity contribution in [3.05, 3.63) is 154 Å². The highest BCUT2D eigenvalue weighted by Gasteiger charge is 2.21. The fraction of sp³-hybridized carbons (Fsp3) is 0.118. The summed E-state index contributed by atoms with van der Waals surface area (Å²) >= 11 is 0. The monoisotopic (exact) mass is 570 g/mol. The SMILES string of the molecule is CN(Cc1ccccc1)Cc1ccc(N=C(c2ccc(Cn3ccnc3)cc2)c2c(O)[nH]c3ccc([N+](=O)[O-])cc23)cc1. The number of aromatic nitrogens is 3. The van der Waals surface area contributed by atoms with E-state index in [9.17, 15) is 15.2 Å². The second-order valence-corrected chi connectivity index (χ2v) is 10.6. The van der Waals surface area contributed by atoms with Gasteiger partial charge in [-0.25, -0.2) is 9.98 Å². The van der Waals surface area contributed by atoms with Crippen LogP contribution in [0, 0.1) is 10.1 Å². The number of nitrogens with one attached hydrogen (secondary N) is 1. The van der Waals surface area contributed by atoms with Crippen LogP contribution in [0.5, 0.6) is 5.88 Å². The summed E-state index contributed by atoms with van der Waals surface area (Å²) in [5.41, 5.74) is 6.38. The normalized spacial score (nSPS) is 11.8. The molecule has 0 fully saturated rings. The number of rotatable bonds is 10. The van der Waals surface area contributed by atoms with E-state index in [-0.39, 0.29) is 11.6 Å². The minimum absolute atomic E-state index is 0.0632. The molecule has 0 saturated heterocycles. The second-order valence-electron chi connectivity index (χ2n) is 10.6. The molecule has 0 bridgehead atoms. The number of nitrogens with zero attached hydrogens (tertiary/aromatic N) is 5. The quantitative estimate of drug-likeness (QED) is 0.107. The number of nitro groups is 1. The van der Waals surface area contributed by atoms with Crippen molar-refractivity contribution >= 4 is 28.0 Å². The Hall–Kier alpha value is -5.54. The van der Waals surface area contributed by atoms with Gasteiger partial charge in [0.1, 0.15) is 0 Å². The van der Waals surface area contributed by atoms with E-state index in [2.05, 4.69) is 34.0 Å². The predicted molar refractivity (Wildman–Crippen MR) is 168 cm³/mol. The molecule has 6 rings (SSSR count). The van der Waals surface area contributed by atoms with Crippen LogP contribution in [0.25, 0.3) is 10.9 Å². The number of benzene rings is 4. The highest BCUT2D eigenvalue weighted by atomic mass is 16.6. The Labute approximate surface area is 248 Å². The molecule has 0 unspecified atom stereocenters. The number of aromatic hydroxyl groups is 1. The molecule has 0 aliphatic rings. The standard InChI is InChI=1S/C34H30N6O3/c1-38(20-24-5-3-2-4-6-24)21-25-9-13-28(14-10-25)36-33(27-11-7-26(8-12-27)22-39-18-17-35-23-39)32-30-19-29(40(42)43)15-16-31(30)37-34(32)41/h2-19,23,37,41H,20-22H2,1H3. The largest absolute Gasteiger partial charge is 0.494 e. The number of hydrogen-bond donors (Lipinski definition) is 2. The van der Waals surface area contributed by atoms with Crippen molar-refractivity contribution in [2.75, 3.05) is 7.05 Å². The van der Waals surface area contributed by atoms with Gasteiger partial charge in [-0.1, -0.05) is 66.7 Å². The summed E-state index contributed by atoms with van der Waals surface area (Å²) in [7, 11) is 2.09. The molecule has 9 nitrogen and oxygen atoms in total. The van der Waals surface area contributed by atoms with E-state index in [1.165, 1.54) is 17.7 Å². The van der Waals surface area contributed by atoms with Gasteiger partial charge in [0.15, 0.2) is 5.88 Å². The number of aliphatic imine (C=N–C) groups is 1. The number of nitro benzene ring substituents is 1. The minimum Gasteiger partial charge on any atom is -0.494 e. The molecule has 0 radical (unpaired) electrons. The fourth-order valence-corrected chi connectivity index (χ4v) is 5.21. The van der Waals surface area contributed by atoms with E-state index in [4.69, 9.17) is 4.99 Å². The van der Waals surface area contributed by atoms with E-state index in [0.29, 0.717) is 34.4 Å². The molecule has 0 aliphatic heterocycles. The summed E-state index contributed by atoms with van der Waals surface area (Å²) in [6.07, 6.45) is 5.41. The van der Waals surface area contributed by atoms with Crippen molar-refractivity contribution in [3.8, 4) is 5.88 Å². The molecular weight excluding hydrogens is 540 g/mol. The van der Waals surface area contributed by atoms with Crippen molar-refractivity contribution in [2.45, 2.75) is 19.6 Å². The third kappa shape index (κ3) is 6.37. The first-order chi connectivity index (χ1) is 20.9. The van der Waals surface area contributed by atoms with E-state index in [1.54, 1.807) is 18.6 Å². The molecule has 0 atom stereocenters. The van der Waals surface area contributed by atoms with Crippen molar-refractivity contribution in [2.24, 2.45) is 4.99 Å². The first-order valence-corrected chi connectivity index (χ1v) is 13.9. The molecule has 9 heteroatoms. The lowest BCUT2D eigenvalue weighted by atomic mass is 9.99. The van der Waals surface area contributed by atoms with Crippen LogP contribution < -0.4 is 0 Å². The molecule has 0 aliphatic carbocycles. The van der Waals surface area contributed by atoms with Crippen LogP contribution in [0.3, 0.4) is 0 Å². The van der Waals surface area contributed by atoms with E-state index < -0.39 is 4.92 Å². The minimum atomic E-state index is -0.442. The average molecular weight is 571 g/mol. The van der Waals surface area contributed by atoms with Gasteiger partial charge >= 0.3 is 0 Å². The zero-order chi connectivity index (χ0) is 29.8. The van der Waals surface area contributed by atoms with E-state index >= 15 is 0 Å². The number of non-ortho nitro benzene ring substituents is 1. The molecular formula is C34H30N6O3. The Morgan fingerprint density at radius 2 is 1.65 bits per heavy atom. The highest BCUT2D eigenvalue weighted by molar-refractivity contribution is 6.22. The third-order valence-electron chi connectivity index (χ3n) is 7.29. The Morgan fingerprint density at radius 3 is 2.33 bits per heavy atom. The topological polar surface area (TPSA) is 113 Å². The summed E-state index contributed by atoms with van der Waals surface area (Å²) in [4.78, 5) is 25.4. The average Bonchev–Trinajstić information content (AvgIpc) is 3.64. The Balaban J connectivity index is 1.35. The van der Waals surface area contributed by atoms with Crippen molar-refractivity contribution < 1.29 is 10.0 Å². The van der Waals surface area contributed by atoms with Gasteiger partial charge in [-0.2, -0.15) is 0 Å². The maximum absolute atomic E-state index is 11.6. The molecule has 6 aromatic rings. The van der Waals surface area contributed by atoms with Crippen LogP contribution in [0.4, 0.5) is 11.4 Å². The van der Waals surface area contributed by atoms with Crippen LogP contribution in [-0.2, 0) is 19.6 Å². The lowest BCUT2D eigenvalue weighted by Crippen LogP contribution is -2.17. The molecule has 0 saturated carbocycles. The van der Waals surface area contributed by atoms with Crippen molar-refractivity contribution in [1.29, 1.82) is 0 Å². The van der Waals surface area contributed by atoms with Gasteiger partial charge < -0.3 is 14.7 Å². The lowest BCUT2D eigenvalue weighted by molar-refractivity contribution is -0.384. The van der Waals surface area contributed by atoms with Crippen LogP contribution >= 0.6 is 0 Å². The zero-order valence-electron chi connectivity index (χ0n) is 23.6. The fourth-order valence-electron chi connectivity index (χ4n) is 5.21. The molecule has 0 spiro atoms. The van der Waals surface area contributed by atoms with Gasteiger partial charge in [-0.3, -0.25) is 15.0 Å². The Morgan fingerprint density at radius 1 is 0.953 bits per heavy atom. The number of fused-ring (bicyclic) bond motifs is 1. The van der Waals surface area contributed by atoms with Crippen LogP contribution in [-0.4, -0.2) is 42.2 Å². The smallest absolute Gasteiger partial charge is 0.270 e. The van der Waals surface area contributed by atoms with E-state index in [0.717, 1.165) is 29.8 Å². The molecule has 43 heavy (non-hydrogen) atoms. The van der Waals surface area contributed by atoms with Crippen molar-refractivity contribution in [3.63, 3.8) is 0 Å². The van der Waals surface area contributed by atoms with Gasteiger partial charge in [-0.15, -0.1) is 0 Å². The summed E-state index contributed by atoms with van der Waals surface area (Å²) in [5, 5.41) is 23.1. The summed E-state index contributed by atoms with van der Waals surface area (Å²) < 4.78 is 1.98. The maximum atomic E-state index is 11.6. The lowest BCUT2D eigenvalue weighted by Gasteiger charge is -2.17. The number of hydrogen-bond acceptors (Lipinski definition) is 6. The van der Waals surface area contributed by atoms with E-state index in [1.807, 2.05) is 77.5 Å². The first kappa shape index (κ1) is 27.6. The van der Waals surface area contributed by atoms with Gasteiger partial charge in [0.25, 0.3) is 5.69 Å². The second kappa shape index (κ2) is 12.1. The molecule has 2 N–H and O–H groups in total. The molecule has 4 aromatic carbocycles. The summed E-state index contributed by atoms with van der Waals surface area (Å²) in [5.74, 6) is -0.101. The molecule has 214 valence electrons. The van der Waals surface area contributed by atoms with Gasteiger partial charge in [-0.05, 0) is 41.9 Å². The summed E-state index contributed by atoms with van der Waals surface area (Å²) in [6.45, 7) is 2.28. The zero-order valence-corrected chi connectivity index (χ0v) is 23.6. The first-order valence-electron chi connectivity index (χ1n) is 13.9. The maximum Gasteiger partial charge on any atom is 0.270 e. The molecule has 0 amide bonds. The number of imidazole rings is 1. The number of aromatic amines is 1. The van der Waals surface area contributed by atoms with Gasteiger partial charge in [0.05, 0.1) is 28.2 Å². The summed E-state index contributed by atoms with van der Waals surface area (Å²) in [6, 6.07) is 30.7. The molecule has 2 heterocycles. The van der Waals surface area contributed by atoms with Gasteiger partial charge in [0, 0.05) is 60.6 Å². The van der Waals surface area contributed by atoms with Crippen LogP contribution in [0.15, 0.2) is 121 Å². The van der Waals surface area contributed by atoms with Crippen LogP contribution in [0.2, 0.25) is 0 Å². The van der Waals surface area contributed by atoms with Gasteiger partial charge in [0.2, 0.25) is 0 Å². The number of H-pyrrole nitrogens is 1. The van der Waals surface area contributed by atoms with Crippen LogP contribution in [0.1, 0.15) is 27.8 Å². The predicted octanol–water partition coefficient (Wildman–Crippen LogP) is 6.83. The third-order valence-corrected chi connectivity index (χ3v) is 7.29.